The molecule has 1 aromatic carbocycles. The van der Waals surface area contributed by atoms with Crippen LogP contribution in [0.4, 0.5) is 5.69 Å². The second-order valence-electron chi connectivity index (χ2n) is 4.97. The van der Waals surface area contributed by atoms with Gasteiger partial charge in [-0.1, -0.05) is 6.07 Å². The Labute approximate surface area is 117 Å². The number of halogens is 1. The van der Waals surface area contributed by atoms with Crippen LogP contribution in [0.5, 0.6) is 0 Å². The average molecular weight is 311 g/mol. The molecular formula is C14H19BrN2O. The van der Waals surface area contributed by atoms with E-state index in [0.29, 0.717) is 6.04 Å². The van der Waals surface area contributed by atoms with Crippen LogP contribution in [-0.4, -0.2) is 44.4 Å². The van der Waals surface area contributed by atoms with Gasteiger partial charge in [0.1, 0.15) is 0 Å². The predicted octanol–water partition coefficient (Wildman–Crippen LogP) is 2.79. The Hall–Kier alpha value is -0.870. The molecule has 0 aliphatic carbocycles. The molecule has 0 aromatic heterocycles. The Morgan fingerprint density at radius 3 is 2.56 bits per heavy atom. The quantitative estimate of drug-likeness (QED) is 0.802. The van der Waals surface area contributed by atoms with E-state index in [1.54, 1.807) is 0 Å². The van der Waals surface area contributed by atoms with Crippen LogP contribution < -0.4 is 4.90 Å². The van der Waals surface area contributed by atoms with Crippen molar-refractivity contribution in [3.8, 4) is 0 Å². The predicted molar refractivity (Wildman–Crippen MR) is 78.5 cm³/mol. The number of hydrogen-bond acceptors (Lipinski definition) is 3. The van der Waals surface area contributed by atoms with Gasteiger partial charge in [-0.3, -0.25) is 4.79 Å². The molecule has 1 fully saturated rings. The van der Waals surface area contributed by atoms with E-state index in [1.807, 2.05) is 18.2 Å². The van der Waals surface area contributed by atoms with Gasteiger partial charge in [0, 0.05) is 29.3 Å². The highest BCUT2D eigenvalue weighted by atomic mass is 79.9. The van der Waals surface area contributed by atoms with Gasteiger partial charge in [-0.2, -0.15) is 0 Å². The molecular weight excluding hydrogens is 292 g/mol. The molecule has 1 aliphatic heterocycles. The maximum absolute atomic E-state index is 11.2. The van der Waals surface area contributed by atoms with Crippen molar-refractivity contribution < 1.29 is 4.79 Å². The fraction of sp³-hybridized carbons (Fsp3) is 0.500. The van der Waals surface area contributed by atoms with Crippen molar-refractivity contribution in [2.45, 2.75) is 18.9 Å². The number of benzene rings is 1. The van der Waals surface area contributed by atoms with Crippen molar-refractivity contribution in [2.75, 3.05) is 32.1 Å². The Morgan fingerprint density at radius 2 is 2.00 bits per heavy atom. The van der Waals surface area contributed by atoms with E-state index in [9.17, 15) is 4.79 Å². The van der Waals surface area contributed by atoms with Crippen LogP contribution in [-0.2, 0) is 0 Å². The molecule has 4 heteroatoms. The number of carbonyl (C=O) groups excluding carboxylic acids is 1. The summed E-state index contributed by atoms with van der Waals surface area (Å²) < 4.78 is 0.879. The van der Waals surface area contributed by atoms with Crippen molar-refractivity contribution in [3.05, 3.63) is 28.2 Å². The van der Waals surface area contributed by atoms with Gasteiger partial charge in [0.25, 0.3) is 0 Å². The van der Waals surface area contributed by atoms with Crippen LogP contribution in [0.25, 0.3) is 0 Å². The van der Waals surface area contributed by atoms with Crippen molar-refractivity contribution in [1.82, 2.24) is 4.90 Å². The first kappa shape index (κ1) is 13.6. The second-order valence-corrected chi connectivity index (χ2v) is 5.83. The summed E-state index contributed by atoms with van der Waals surface area (Å²) in [7, 11) is 4.27. The number of aldehydes is 1. The number of hydrogen-bond donors (Lipinski definition) is 0. The van der Waals surface area contributed by atoms with Crippen molar-refractivity contribution in [3.63, 3.8) is 0 Å². The Morgan fingerprint density at radius 1 is 1.33 bits per heavy atom. The summed E-state index contributed by atoms with van der Waals surface area (Å²) in [5, 5.41) is 0. The average Bonchev–Trinajstić information content (AvgIpc) is 2.38. The highest BCUT2D eigenvalue weighted by Crippen LogP contribution is 2.29. The second kappa shape index (κ2) is 5.85. The van der Waals surface area contributed by atoms with Gasteiger partial charge in [-0.25, -0.2) is 0 Å². The number of carbonyl (C=O) groups is 1. The first-order valence-electron chi connectivity index (χ1n) is 6.28. The Kier molecular flexibility index (Phi) is 4.40. The number of nitrogens with zero attached hydrogens (tertiary/aromatic N) is 2. The lowest BCUT2D eigenvalue weighted by molar-refractivity contribution is 0.112. The normalized spacial score (nSPS) is 17.2. The molecule has 0 amide bonds. The van der Waals surface area contributed by atoms with Gasteiger partial charge in [-0.05, 0) is 55.0 Å². The zero-order chi connectivity index (χ0) is 13.1. The molecule has 1 heterocycles. The molecule has 0 unspecified atom stereocenters. The van der Waals surface area contributed by atoms with Crippen LogP contribution >= 0.6 is 15.9 Å². The monoisotopic (exact) mass is 310 g/mol. The Bertz CT molecular complexity index is 426. The molecule has 2 rings (SSSR count). The summed E-state index contributed by atoms with van der Waals surface area (Å²) in [5.41, 5.74) is 1.82. The highest BCUT2D eigenvalue weighted by Gasteiger charge is 2.22. The molecule has 0 saturated carbocycles. The zero-order valence-corrected chi connectivity index (χ0v) is 12.5. The summed E-state index contributed by atoms with van der Waals surface area (Å²) in [6, 6.07) is 6.60. The maximum atomic E-state index is 11.2. The number of piperidine rings is 1. The van der Waals surface area contributed by atoms with Gasteiger partial charge in [0.05, 0.1) is 5.56 Å². The first-order valence-corrected chi connectivity index (χ1v) is 7.08. The van der Waals surface area contributed by atoms with Gasteiger partial charge in [0.15, 0.2) is 6.29 Å². The molecule has 3 nitrogen and oxygen atoms in total. The largest absolute Gasteiger partial charge is 0.371 e. The number of rotatable bonds is 3. The lowest BCUT2D eigenvalue weighted by Gasteiger charge is -2.37. The van der Waals surface area contributed by atoms with E-state index < -0.39 is 0 Å². The third kappa shape index (κ3) is 2.75. The van der Waals surface area contributed by atoms with Crippen molar-refractivity contribution in [1.29, 1.82) is 0 Å². The van der Waals surface area contributed by atoms with Gasteiger partial charge in [0.2, 0.25) is 0 Å². The van der Waals surface area contributed by atoms with Crippen LogP contribution in [0.1, 0.15) is 23.2 Å². The topological polar surface area (TPSA) is 23.6 Å². The lowest BCUT2D eigenvalue weighted by atomic mass is 10.0. The zero-order valence-electron chi connectivity index (χ0n) is 10.9. The smallest absolute Gasteiger partial charge is 0.153 e. The van der Waals surface area contributed by atoms with Crippen LogP contribution in [0.15, 0.2) is 22.7 Å². The SMILES string of the molecule is CN(C)C1CCN(c2cccc(Br)c2C=O)CC1. The molecule has 1 aliphatic rings. The minimum atomic E-state index is 0.660. The van der Waals surface area contributed by atoms with Gasteiger partial charge < -0.3 is 9.80 Å². The molecule has 0 radical (unpaired) electrons. The van der Waals surface area contributed by atoms with E-state index in [4.69, 9.17) is 0 Å². The van der Waals surface area contributed by atoms with Crippen LogP contribution in [0.2, 0.25) is 0 Å². The van der Waals surface area contributed by atoms with Crippen LogP contribution in [0.3, 0.4) is 0 Å². The maximum Gasteiger partial charge on any atom is 0.153 e. The minimum Gasteiger partial charge on any atom is -0.371 e. The lowest BCUT2D eigenvalue weighted by Crippen LogP contribution is -2.42. The fourth-order valence-electron chi connectivity index (χ4n) is 2.54. The minimum absolute atomic E-state index is 0.660. The summed E-state index contributed by atoms with van der Waals surface area (Å²) in [4.78, 5) is 15.8. The Balaban J connectivity index is 2.15. The molecule has 0 bridgehead atoms. The van der Waals surface area contributed by atoms with Crippen molar-refractivity contribution in [2.24, 2.45) is 0 Å². The summed E-state index contributed by atoms with van der Waals surface area (Å²) >= 11 is 3.44. The van der Waals surface area contributed by atoms with E-state index in [2.05, 4.69) is 39.8 Å². The third-order valence-electron chi connectivity index (χ3n) is 3.68. The third-order valence-corrected chi connectivity index (χ3v) is 4.37. The molecule has 0 spiro atoms. The summed E-state index contributed by atoms with van der Waals surface area (Å²) in [5.74, 6) is 0. The molecule has 0 N–H and O–H groups in total. The molecule has 1 saturated heterocycles. The van der Waals surface area contributed by atoms with E-state index >= 15 is 0 Å². The first-order chi connectivity index (χ1) is 8.63. The van der Waals surface area contributed by atoms with Gasteiger partial charge in [-0.15, -0.1) is 0 Å². The molecule has 1 aromatic rings. The van der Waals surface area contributed by atoms with Gasteiger partial charge >= 0.3 is 0 Å². The standard InChI is InChI=1S/C14H19BrN2O/c1-16(2)11-6-8-17(9-7-11)14-5-3-4-13(15)12(14)10-18/h3-5,10-11H,6-9H2,1-2H3. The van der Waals surface area contributed by atoms with Crippen LogP contribution in [0, 0.1) is 0 Å². The molecule has 0 atom stereocenters. The fourth-order valence-corrected chi connectivity index (χ4v) is 2.99. The molecule has 18 heavy (non-hydrogen) atoms. The van der Waals surface area contributed by atoms with E-state index in [0.717, 1.165) is 47.9 Å². The summed E-state index contributed by atoms with van der Waals surface area (Å²) in [6.45, 7) is 2.03. The van der Waals surface area contributed by atoms with E-state index in [-0.39, 0.29) is 0 Å². The van der Waals surface area contributed by atoms with E-state index in [1.165, 1.54) is 0 Å². The highest BCUT2D eigenvalue weighted by molar-refractivity contribution is 9.10. The molecule has 98 valence electrons. The van der Waals surface area contributed by atoms with Crippen molar-refractivity contribution >= 4 is 27.9 Å². The number of anilines is 1. The summed E-state index contributed by atoms with van der Waals surface area (Å²) in [6.07, 6.45) is 3.24.